The maximum Gasteiger partial charge on any atom is 0.400 e. The van der Waals surface area contributed by atoms with Crippen molar-refractivity contribution in [2.75, 3.05) is 13.2 Å². The van der Waals surface area contributed by atoms with Crippen LogP contribution in [0.1, 0.15) is 32.1 Å². The summed E-state index contributed by atoms with van der Waals surface area (Å²) in [5.41, 5.74) is 4.93. The van der Waals surface area contributed by atoms with Gasteiger partial charge < -0.3 is 10.5 Å². The van der Waals surface area contributed by atoms with Crippen LogP contribution in [0.5, 0.6) is 0 Å². The molecule has 1 atom stereocenters. The van der Waals surface area contributed by atoms with Crippen molar-refractivity contribution < 1.29 is 17.9 Å². The maximum atomic E-state index is 12.4. The fraction of sp³-hybridized carbons (Fsp3) is 0.909. The number of ether oxygens (including phenoxy) is 1. The first-order valence-electron chi connectivity index (χ1n) is 5.89. The third kappa shape index (κ3) is 4.93. The molecule has 0 heterocycles. The van der Waals surface area contributed by atoms with Crippen molar-refractivity contribution in [2.45, 2.75) is 38.3 Å². The van der Waals surface area contributed by atoms with Gasteiger partial charge in [-0.15, -0.1) is 0 Å². The number of hydrogen-bond donors (Lipinski definition) is 2. The van der Waals surface area contributed by atoms with E-state index in [1.165, 1.54) is 6.42 Å². The number of hydrogen-bond acceptors (Lipinski definition) is 2. The first kappa shape index (κ1) is 14.3. The molecule has 1 saturated carbocycles. The normalized spacial score (nSPS) is 20.2. The Balaban J connectivity index is 2.29. The van der Waals surface area contributed by atoms with E-state index in [-0.39, 0.29) is 0 Å². The van der Waals surface area contributed by atoms with Gasteiger partial charge in [-0.1, -0.05) is 19.3 Å². The molecule has 1 aliphatic carbocycles. The standard InChI is InChI=1S/C11H19F3N2O/c12-11(13,14)9(10(15)16)7-17-6-8-4-2-1-3-5-8/h8-9H,1-7H2,(H3,15,16). The second kappa shape index (κ2) is 6.23. The Morgan fingerprint density at radius 2 is 1.88 bits per heavy atom. The van der Waals surface area contributed by atoms with Crippen molar-refractivity contribution in [2.24, 2.45) is 17.6 Å². The quantitative estimate of drug-likeness (QED) is 0.583. The summed E-state index contributed by atoms with van der Waals surface area (Å²) in [6.45, 7) is -0.185. The van der Waals surface area contributed by atoms with Gasteiger partial charge in [0.25, 0.3) is 0 Å². The van der Waals surface area contributed by atoms with E-state index in [0.717, 1.165) is 25.7 Å². The summed E-state index contributed by atoms with van der Waals surface area (Å²) in [4.78, 5) is 0. The van der Waals surface area contributed by atoms with E-state index in [1.54, 1.807) is 0 Å². The van der Waals surface area contributed by atoms with Gasteiger partial charge in [0.2, 0.25) is 0 Å². The lowest BCUT2D eigenvalue weighted by atomic mass is 9.90. The lowest BCUT2D eigenvalue weighted by Gasteiger charge is -2.23. The highest BCUT2D eigenvalue weighted by atomic mass is 19.4. The molecule has 0 aromatic carbocycles. The molecule has 1 unspecified atom stereocenters. The smallest absolute Gasteiger partial charge is 0.387 e. The number of rotatable bonds is 5. The van der Waals surface area contributed by atoms with Gasteiger partial charge in [0.15, 0.2) is 0 Å². The van der Waals surface area contributed by atoms with Crippen LogP contribution in [0.15, 0.2) is 0 Å². The van der Waals surface area contributed by atoms with Crippen LogP contribution in [0, 0.1) is 17.2 Å². The van der Waals surface area contributed by atoms with E-state index < -0.39 is 24.5 Å². The molecule has 0 amide bonds. The highest BCUT2D eigenvalue weighted by Crippen LogP contribution is 2.28. The Morgan fingerprint density at radius 1 is 1.29 bits per heavy atom. The Hall–Kier alpha value is -0.780. The van der Waals surface area contributed by atoms with Crippen LogP contribution in [0.4, 0.5) is 13.2 Å². The number of nitrogens with two attached hydrogens (primary N) is 1. The molecule has 0 bridgehead atoms. The van der Waals surface area contributed by atoms with Crippen molar-refractivity contribution in [3.63, 3.8) is 0 Å². The van der Waals surface area contributed by atoms with E-state index in [9.17, 15) is 13.2 Å². The Kier molecular flexibility index (Phi) is 5.24. The summed E-state index contributed by atoms with van der Waals surface area (Å²) < 4.78 is 42.4. The van der Waals surface area contributed by atoms with Crippen LogP contribution in [-0.2, 0) is 4.74 Å². The van der Waals surface area contributed by atoms with Crippen LogP contribution < -0.4 is 5.73 Å². The second-order valence-electron chi connectivity index (χ2n) is 4.59. The predicted octanol–water partition coefficient (Wildman–Crippen LogP) is 2.70. The average Bonchev–Trinajstić information content (AvgIpc) is 2.23. The maximum absolute atomic E-state index is 12.4. The van der Waals surface area contributed by atoms with Gasteiger partial charge in [0.05, 0.1) is 6.61 Å². The van der Waals surface area contributed by atoms with Crippen molar-refractivity contribution >= 4 is 5.84 Å². The second-order valence-corrected chi connectivity index (χ2v) is 4.59. The summed E-state index contributed by atoms with van der Waals surface area (Å²) in [6, 6.07) is 0. The molecular weight excluding hydrogens is 233 g/mol. The monoisotopic (exact) mass is 252 g/mol. The number of nitrogens with one attached hydrogen (secondary N) is 1. The summed E-state index contributed by atoms with van der Waals surface area (Å²) in [5.74, 6) is -2.48. The van der Waals surface area contributed by atoms with Crippen LogP contribution in [0.25, 0.3) is 0 Å². The fourth-order valence-electron chi connectivity index (χ4n) is 2.07. The van der Waals surface area contributed by atoms with E-state index in [2.05, 4.69) is 0 Å². The zero-order valence-electron chi connectivity index (χ0n) is 9.72. The van der Waals surface area contributed by atoms with Gasteiger partial charge in [-0.3, -0.25) is 5.41 Å². The Morgan fingerprint density at radius 3 is 2.35 bits per heavy atom. The summed E-state index contributed by atoms with van der Waals surface area (Å²) in [6.07, 6.45) is 1.02. The van der Waals surface area contributed by atoms with E-state index >= 15 is 0 Å². The van der Waals surface area contributed by atoms with Crippen molar-refractivity contribution in [1.29, 1.82) is 5.41 Å². The van der Waals surface area contributed by atoms with E-state index in [4.69, 9.17) is 15.9 Å². The third-order valence-electron chi connectivity index (χ3n) is 3.13. The van der Waals surface area contributed by atoms with Crippen molar-refractivity contribution in [3.05, 3.63) is 0 Å². The minimum atomic E-state index is -4.49. The van der Waals surface area contributed by atoms with Crippen molar-refractivity contribution in [3.8, 4) is 0 Å². The molecule has 0 spiro atoms. The zero-order chi connectivity index (χ0) is 12.9. The molecule has 0 saturated heterocycles. The average molecular weight is 252 g/mol. The van der Waals surface area contributed by atoms with Crippen LogP contribution in [-0.4, -0.2) is 25.2 Å². The van der Waals surface area contributed by atoms with Gasteiger partial charge in [-0.2, -0.15) is 13.2 Å². The zero-order valence-corrected chi connectivity index (χ0v) is 9.72. The Labute approximate surface area is 99.0 Å². The Bertz CT molecular complexity index is 250. The highest BCUT2D eigenvalue weighted by molar-refractivity contribution is 5.80. The van der Waals surface area contributed by atoms with Gasteiger partial charge in [-0.25, -0.2) is 0 Å². The van der Waals surface area contributed by atoms with Gasteiger partial charge >= 0.3 is 6.18 Å². The van der Waals surface area contributed by atoms with Gasteiger partial charge in [0.1, 0.15) is 11.8 Å². The van der Waals surface area contributed by atoms with Crippen LogP contribution in [0.3, 0.4) is 0 Å². The third-order valence-corrected chi connectivity index (χ3v) is 3.13. The van der Waals surface area contributed by atoms with Gasteiger partial charge in [0, 0.05) is 6.61 Å². The molecule has 0 radical (unpaired) electrons. The molecule has 6 heteroatoms. The summed E-state index contributed by atoms with van der Waals surface area (Å²) in [5, 5.41) is 6.91. The predicted molar refractivity (Wildman–Crippen MR) is 58.9 cm³/mol. The number of halogens is 3. The summed E-state index contributed by atoms with van der Waals surface area (Å²) in [7, 11) is 0. The van der Waals surface area contributed by atoms with Crippen molar-refractivity contribution in [1.82, 2.24) is 0 Å². The molecule has 1 aliphatic rings. The molecule has 0 aliphatic heterocycles. The van der Waals surface area contributed by atoms with Crippen LogP contribution in [0.2, 0.25) is 0 Å². The van der Waals surface area contributed by atoms with E-state index in [0.29, 0.717) is 12.5 Å². The molecular formula is C11H19F3N2O. The minimum Gasteiger partial charge on any atom is -0.387 e. The minimum absolute atomic E-state index is 0.347. The van der Waals surface area contributed by atoms with Crippen LogP contribution >= 0.6 is 0 Å². The summed E-state index contributed by atoms with van der Waals surface area (Å²) >= 11 is 0. The topological polar surface area (TPSA) is 59.1 Å². The molecule has 3 N–H and O–H groups in total. The lowest BCUT2D eigenvalue weighted by Crippen LogP contribution is -2.39. The number of alkyl halides is 3. The SMILES string of the molecule is N=C(N)C(COCC1CCCCC1)C(F)(F)F. The largest absolute Gasteiger partial charge is 0.400 e. The number of amidine groups is 1. The van der Waals surface area contributed by atoms with E-state index in [1.807, 2.05) is 0 Å². The molecule has 1 rings (SSSR count). The van der Waals surface area contributed by atoms with Gasteiger partial charge in [-0.05, 0) is 18.8 Å². The lowest BCUT2D eigenvalue weighted by molar-refractivity contribution is -0.169. The molecule has 17 heavy (non-hydrogen) atoms. The first-order chi connectivity index (χ1) is 7.91. The molecule has 0 aromatic heterocycles. The fourth-order valence-corrected chi connectivity index (χ4v) is 2.07. The first-order valence-corrected chi connectivity index (χ1v) is 5.89. The highest BCUT2D eigenvalue weighted by Gasteiger charge is 2.42. The molecule has 0 aromatic rings. The molecule has 1 fully saturated rings. The molecule has 3 nitrogen and oxygen atoms in total. The molecule has 100 valence electrons.